The summed E-state index contributed by atoms with van der Waals surface area (Å²) in [6.07, 6.45) is 1.55. The highest BCUT2D eigenvalue weighted by Crippen LogP contribution is 2.48. The largest absolute Gasteiger partial charge is 0.486 e. The van der Waals surface area contributed by atoms with E-state index in [1.165, 1.54) is 0 Å². The van der Waals surface area contributed by atoms with E-state index in [0.29, 0.717) is 29.6 Å². The van der Waals surface area contributed by atoms with E-state index in [2.05, 4.69) is 4.72 Å². The first kappa shape index (κ1) is 15.5. The van der Waals surface area contributed by atoms with Crippen LogP contribution in [0.15, 0.2) is 47.4 Å². The molecule has 1 aliphatic heterocycles. The van der Waals surface area contributed by atoms with Gasteiger partial charge in [0.2, 0.25) is 10.0 Å². The monoisotopic (exact) mass is 345 g/mol. The first-order valence-corrected chi connectivity index (χ1v) is 9.48. The van der Waals surface area contributed by atoms with Gasteiger partial charge in [-0.15, -0.1) is 0 Å². The number of nitrogens with one attached hydrogen (secondary N) is 1. The van der Waals surface area contributed by atoms with Crippen molar-refractivity contribution in [3.05, 3.63) is 53.6 Å². The van der Waals surface area contributed by atoms with Crippen LogP contribution in [0.25, 0.3) is 0 Å². The maximum Gasteiger partial charge on any atom is 0.241 e. The van der Waals surface area contributed by atoms with E-state index in [4.69, 9.17) is 9.47 Å². The second-order valence-electron chi connectivity index (χ2n) is 6.36. The lowest BCUT2D eigenvalue weighted by Gasteiger charge is -2.22. The third kappa shape index (κ3) is 2.76. The van der Waals surface area contributed by atoms with Crippen molar-refractivity contribution in [2.75, 3.05) is 13.2 Å². The number of sulfonamides is 1. The standard InChI is InChI=1S/C18H19NO4S/c1-13-3-2-4-15(11-13)24(20,21)19-18(7-8-18)14-5-6-16-17(12-14)23-10-9-22-16/h2-6,11-12,19H,7-10H2,1H3. The topological polar surface area (TPSA) is 64.6 Å². The van der Waals surface area contributed by atoms with Crippen molar-refractivity contribution < 1.29 is 17.9 Å². The number of fused-ring (bicyclic) bond motifs is 1. The van der Waals surface area contributed by atoms with Crippen molar-refractivity contribution >= 4 is 10.0 Å². The Morgan fingerprint density at radius 1 is 1.00 bits per heavy atom. The molecule has 1 heterocycles. The quantitative estimate of drug-likeness (QED) is 0.925. The van der Waals surface area contributed by atoms with Crippen LogP contribution in [-0.4, -0.2) is 21.6 Å². The molecule has 1 saturated carbocycles. The number of ether oxygens (including phenoxy) is 2. The Balaban J connectivity index is 1.64. The minimum absolute atomic E-state index is 0.298. The van der Waals surface area contributed by atoms with Crippen LogP contribution in [0.1, 0.15) is 24.0 Å². The zero-order chi connectivity index (χ0) is 16.8. The molecular formula is C18H19NO4S. The van der Waals surface area contributed by atoms with Crippen LogP contribution >= 0.6 is 0 Å². The van der Waals surface area contributed by atoms with Gasteiger partial charge in [0.1, 0.15) is 13.2 Å². The number of hydrogen-bond donors (Lipinski definition) is 1. The van der Waals surface area contributed by atoms with Crippen LogP contribution in [0.5, 0.6) is 11.5 Å². The molecule has 4 rings (SSSR count). The summed E-state index contributed by atoms with van der Waals surface area (Å²) >= 11 is 0. The van der Waals surface area contributed by atoms with Gasteiger partial charge in [0, 0.05) is 0 Å². The zero-order valence-electron chi connectivity index (χ0n) is 13.4. The Labute approximate surface area is 141 Å². The fraction of sp³-hybridized carbons (Fsp3) is 0.333. The van der Waals surface area contributed by atoms with Crippen LogP contribution in [-0.2, 0) is 15.6 Å². The average molecular weight is 345 g/mol. The summed E-state index contributed by atoms with van der Waals surface area (Å²) in [7, 11) is -3.57. The third-order valence-corrected chi connectivity index (χ3v) is 6.01. The second-order valence-corrected chi connectivity index (χ2v) is 8.04. The number of benzene rings is 2. The van der Waals surface area contributed by atoms with Crippen molar-refractivity contribution in [2.24, 2.45) is 0 Å². The highest BCUT2D eigenvalue weighted by atomic mass is 32.2. The fourth-order valence-electron chi connectivity index (χ4n) is 3.01. The van der Waals surface area contributed by atoms with E-state index in [-0.39, 0.29) is 0 Å². The molecule has 6 heteroatoms. The molecule has 0 spiro atoms. The summed E-state index contributed by atoms with van der Waals surface area (Å²) in [5.41, 5.74) is 1.29. The summed E-state index contributed by atoms with van der Waals surface area (Å²) in [4.78, 5) is 0.298. The van der Waals surface area contributed by atoms with E-state index in [9.17, 15) is 8.42 Å². The Morgan fingerprint density at radius 2 is 1.75 bits per heavy atom. The molecule has 5 nitrogen and oxygen atoms in total. The van der Waals surface area contributed by atoms with Gasteiger partial charge in [-0.3, -0.25) is 0 Å². The third-order valence-electron chi connectivity index (χ3n) is 4.47. The van der Waals surface area contributed by atoms with E-state index in [1.54, 1.807) is 18.2 Å². The van der Waals surface area contributed by atoms with E-state index in [1.807, 2.05) is 31.2 Å². The van der Waals surface area contributed by atoms with Gasteiger partial charge in [-0.05, 0) is 55.2 Å². The summed E-state index contributed by atoms with van der Waals surface area (Å²) in [6, 6.07) is 12.6. The van der Waals surface area contributed by atoms with Gasteiger partial charge in [0.25, 0.3) is 0 Å². The Hall–Kier alpha value is -2.05. The predicted octanol–water partition coefficient (Wildman–Crippen LogP) is 2.73. The van der Waals surface area contributed by atoms with E-state index in [0.717, 1.165) is 24.0 Å². The predicted molar refractivity (Wildman–Crippen MR) is 89.8 cm³/mol. The molecule has 0 radical (unpaired) electrons. The van der Waals surface area contributed by atoms with Gasteiger partial charge in [-0.25, -0.2) is 13.1 Å². The number of hydrogen-bond acceptors (Lipinski definition) is 4. The number of aryl methyl sites for hydroxylation is 1. The SMILES string of the molecule is Cc1cccc(S(=O)(=O)NC2(c3ccc4c(c3)OCCO4)CC2)c1. The van der Waals surface area contributed by atoms with Crippen molar-refractivity contribution in [1.29, 1.82) is 0 Å². The van der Waals surface area contributed by atoms with Gasteiger partial charge in [-0.2, -0.15) is 0 Å². The second kappa shape index (κ2) is 5.50. The lowest BCUT2D eigenvalue weighted by atomic mass is 10.1. The molecule has 1 aliphatic carbocycles. The first-order valence-electron chi connectivity index (χ1n) is 7.99. The van der Waals surface area contributed by atoms with Gasteiger partial charge in [0.15, 0.2) is 11.5 Å². The van der Waals surface area contributed by atoms with E-state index < -0.39 is 15.6 Å². The van der Waals surface area contributed by atoms with Crippen LogP contribution in [0.3, 0.4) is 0 Å². The van der Waals surface area contributed by atoms with Crippen molar-refractivity contribution in [1.82, 2.24) is 4.72 Å². The molecule has 2 aromatic rings. The van der Waals surface area contributed by atoms with Gasteiger partial charge in [-0.1, -0.05) is 18.2 Å². The highest BCUT2D eigenvalue weighted by Gasteiger charge is 2.48. The maximum absolute atomic E-state index is 12.7. The summed E-state index contributed by atoms with van der Waals surface area (Å²) < 4.78 is 39.5. The zero-order valence-corrected chi connectivity index (χ0v) is 14.2. The van der Waals surface area contributed by atoms with Gasteiger partial charge < -0.3 is 9.47 Å². The molecule has 0 aromatic heterocycles. The lowest BCUT2D eigenvalue weighted by molar-refractivity contribution is 0.171. The fourth-order valence-corrected chi connectivity index (χ4v) is 4.57. The minimum atomic E-state index is -3.57. The molecule has 24 heavy (non-hydrogen) atoms. The van der Waals surface area contributed by atoms with Crippen LogP contribution < -0.4 is 14.2 Å². The van der Waals surface area contributed by atoms with Crippen LogP contribution in [0, 0.1) is 6.92 Å². The summed E-state index contributed by atoms with van der Waals surface area (Å²) in [5, 5.41) is 0. The molecule has 0 saturated heterocycles. The minimum Gasteiger partial charge on any atom is -0.486 e. The summed E-state index contributed by atoms with van der Waals surface area (Å²) in [5.74, 6) is 1.39. The molecule has 126 valence electrons. The normalized spacial score (nSPS) is 18.2. The molecular weight excluding hydrogens is 326 g/mol. The van der Waals surface area contributed by atoms with Crippen molar-refractivity contribution in [3.8, 4) is 11.5 Å². The Morgan fingerprint density at radius 3 is 2.46 bits per heavy atom. The van der Waals surface area contributed by atoms with Crippen molar-refractivity contribution in [2.45, 2.75) is 30.2 Å². The Kier molecular flexibility index (Phi) is 3.54. The molecule has 0 amide bonds. The summed E-state index contributed by atoms with van der Waals surface area (Å²) in [6.45, 7) is 2.93. The molecule has 1 fully saturated rings. The molecule has 1 N–H and O–H groups in total. The average Bonchev–Trinajstić information content (AvgIpc) is 3.34. The smallest absolute Gasteiger partial charge is 0.241 e. The van der Waals surface area contributed by atoms with Crippen LogP contribution in [0.4, 0.5) is 0 Å². The molecule has 2 aliphatic rings. The molecule has 0 atom stereocenters. The lowest BCUT2D eigenvalue weighted by Crippen LogP contribution is -2.35. The molecule has 0 unspecified atom stereocenters. The number of rotatable bonds is 4. The van der Waals surface area contributed by atoms with Gasteiger partial charge in [0.05, 0.1) is 10.4 Å². The van der Waals surface area contributed by atoms with Crippen LogP contribution in [0.2, 0.25) is 0 Å². The maximum atomic E-state index is 12.7. The molecule has 0 bridgehead atoms. The highest BCUT2D eigenvalue weighted by molar-refractivity contribution is 7.89. The Bertz CT molecular complexity index is 888. The molecule has 2 aromatic carbocycles. The van der Waals surface area contributed by atoms with Crippen molar-refractivity contribution in [3.63, 3.8) is 0 Å². The first-order chi connectivity index (χ1) is 11.5. The van der Waals surface area contributed by atoms with Gasteiger partial charge >= 0.3 is 0 Å². The van der Waals surface area contributed by atoms with E-state index >= 15 is 0 Å².